The second-order valence-corrected chi connectivity index (χ2v) is 6.05. The first kappa shape index (κ1) is 20.0. The van der Waals surface area contributed by atoms with Crippen LogP contribution in [0.4, 0.5) is 4.79 Å². The van der Waals surface area contributed by atoms with Gasteiger partial charge in [0.2, 0.25) is 0 Å². The van der Waals surface area contributed by atoms with Crippen molar-refractivity contribution in [3.05, 3.63) is 36.0 Å². The number of amides is 3. The van der Waals surface area contributed by atoms with Gasteiger partial charge in [0.25, 0.3) is 5.91 Å². The van der Waals surface area contributed by atoms with Gasteiger partial charge in [0.05, 0.1) is 19.0 Å². The molecular formula is C18H22N4O5. The molecule has 0 aliphatic carbocycles. The first-order valence-electron chi connectivity index (χ1n) is 8.32. The van der Waals surface area contributed by atoms with E-state index in [4.69, 9.17) is 9.47 Å². The van der Waals surface area contributed by atoms with Crippen LogP contribution in [0.5, 0.6) is 5.75 Å². The number of nitrogens with zero attached hydrogens (tertiary/aromatic N) is 1. The molecule has 0 fully saturated rings. The molecule has 2 rings (SSSR count). The minimum absolute atomic E-state index is 0.131. The Bertz CT molecular complexity index is 813. The number of ether oxygens (including phenoxy) is 2. The number of hydrogen-bond donors (Lipinski definition) is 3. The van der Waals surface area contributed by atoms with E-state index >= 15 is 0 Å². The summed E-state index contributed by atoms with van der Waals surface area (Å²) in [5.74, 6) is -0.787. The quantitative estimate of drug-likeness (QED) is 0.664. The Morgan fingerprint density at radius 3 is 2.37 bits per heavy atom. The lowest BCUT2D eigenvalue weighted by Crippen LogP contribution is -2.46. The van der Waals surface area contributed by atoms with Gasteiger partial charge in [-0.1, -0.05) is 0 Å². The molecular weight excluding hydrogens is 352 g/mol. The van der Waals surface area contributed by atoms with Gasteiger partial charge in [0.15, 0.2) is 6.10 Å². The van der Waals surface area contributed by atoms with Crippen molar-refractivity contribution in [1.82, 2.24) is 20.8 Å². The van der Waals surface area contributed by atoms with Crippen molar-refractivity contribution in [3.63, 3.8) is 0 Å². The maximum Gasteiger partial charge on any atom is 0.342 e. The maximum absolute atomic E-state index is 12.4. The summed E-state index contributed by atoms with van der Waals surface area (Å²) < 4.78 is 10.3. The molecule has 0 bridgehead atoms. The van der Waals surface area contributed by atoms with Crippen molar-refractivity contribution in [2.75, 3.05) is 7.11 Å². The van der Waals surface area contributed by atoms with Crippen molar-refractivity contribution in [1.29, 1.82) is 0 Å². The van der Waals surface area contributed by atoms with Crippen LogP contribution in [0.25, 0.3) is 11.3 Å². The van der Waals surface area contributed by atoms with Gasteiger partial charge >= 0.3 is 12.0 Å². The van der Waals surface area contributed by atoms with Crippen LogP contribution < -0.4 is 15.4 Å². The summed E-state index contributed by atoms with van der Waals surface area (Å²) in [6, 6.07) is 6.22. The van der Waals surface area contributed by atoms with Gasteiger partial charge in [-0.05, 0) is 45.0 Å². The van der Waals surface area contributed by atoms with E-state index in [2.05, 4.69) is 20.8 Å². The van der Waals surface area contributed by atoms with Crippen LogP contribution in [0.2, 0.25) is 0 Å². The fourth-order valence-electron chi connectivity index (χ4n) is 2.21. The lowest BCUT2D eigenvalue weighted by molar-refractivity contribution is -0.127. The van der Waals surface area contributed by atoms with Gasteiger partial charge in [0.1, 0.15) is 11.3 Å². The van der Waals surface area contributed by atoms with Crippen LogP contribution in [0.15, 0.2) is 30.5 Å². The molecule has 1 unspecified atom stereocenters. The molecule has 9 nitrogen and oxygen atoms in total. The first-order chi connectivity index (χ1) is 12.8. The Morgan fingerprint density at radius 1 is 1.11 bits per heavy atom. The zero-order valence-corrected chi connectivity index (χ0v) is 15.5. The van der Waals surface area contributed by atoms with Crippen molar-refractivity contribution >= 4 is 17.9 Å². The number of carbonyl (C=O) groups excluding carboxylic acids is 3. The standard InChI is InChI=1S/C18H22N4O5/c1-10(2)20-18(25)21-16(23)11(3)27-17(24)14-9-19-22-15(14)12-5-7-13(26-4)8-6-12/h5-11H,1-4H3,(H,19,22)(H2,20,21,23,25). The van der Waals surface area contributed by atoms with Crippen LogP contribution in [-0.2, 0) is 9.53 Å². The summed E-state index contributed by atoms with van der Waals surface area (Å²) in [7, 11) is 1.56. The molecule has 144 valence electrons. The normalized spacial score (nSPS) is 11.6. The highest BCUT2D eigenvalue weighted by Gasteiger charge is 2.24. The van der Waals surface area contributed by atoms with Crippen molar-refractivity contribution in [2.24, 2.45) is 0 Å². The van der Waals surface area contributed by atoms with E-state index in [1.807, 2.05) is 0 Å². The van der Waals surface area contributed by atoms with Crippen molar-refractivity contribution in [2.45, 2.75) is 32.9 Å². The Kier molecular flexibility index (Phi) is 6.53. The molecule has 0 aliphatic rings. The average Bonchev–Trinajstić information content (AvgIpc) is 3.10. The fourth-order valence-corrected chi connectivity index (χ4v) is 2.21. The van der Waals surface area contributed by atoms with Crippen LogP contribution in [-0.4, -0.2) is 47.4 Å². The van der Waals surface area contributed by atoms with Gasteiger partial charge in [-0.3, -0.25) is 15.2 Å². The second-order valence-electron chi connectivity index (χ2n) is 6.05. The molecule has 0 saturated heterocycles. The first-order valence-corrected chi connectivity index (χ1v) is 8.32. The average molecular weight is 374 g/mol. The second kappa shape index (κ2) is 8.84. The number of hydrogen-bond acceptors (Lipinski definition) is 6. The number of benzene rings is 1. The van der Waals surface area contributed by atoms with E-state index in [1.165, 1.54) is 13.1 Å². The van der Waals surface area contributed by atoms with Crippen molar-refractivity contribution in [3.8, 4) is 17.0 Å². The highest BCUT2D eigenvalue weighted by molar-refractivity contribution is 6.00. The number of imide groups is 1. The number of aromatic amines is 1. The third-order valence-corrected chi connectivity index (χ3v) is 3.55. The molecule has 0 saturated carbocycles. The molecule has 1 aromatic carbocycles. The van der Waals surface area contributed by atoms with Crippen LogP contribution in [0.3, 0.4) is 0 Å². The fraction of sp³-hybridized carbons (Fsp3) is 0.333. The number of carbonyl (C=O) groups is 3. The Hall–Kier alpha value is -3.36. The number of methoxy groups -OCH3 is 1. The summed E-state index contributed by atoms with van der Waals surface area (Å²) in [6.07, 6.45) is 0.159. The van der Waals surface area contributed by atoms with Crippen LogP contribution in [0, 0.1) is 0 Å². The zero-order valence-electron chi connectivity index (χ0n) is 15.5. The zero-order chi connectivity index (χ0) is 20.0. The van der Waals surface area contributed by atoms with Crippen LogP contribution in [0.1, 0.15) is 31.1 Å². The molecule has 1 atom stereocenters. The molecule has 27 heavy (non-hydrogen) atoms. The van der Waals surface area contributed by atoms with Crippen LogP contribution >= 0.6 is 0 Å². The smallest absolute Gasteiger partial charge is 0.342 e. The van der Waals surface area contributed by atoms with Gasteiger partial charge in [-0.25, -0.2) is 9.59 Å². The predicted molar refractivity (Wildman–Crippen MR) is 97.3 cm³/mol. The molecule has 0 spiro atoms. The van der Waals surface area contributed by atoms with Gasteiger partial charge in [0, 0.05) is 11.6 Å². The molecule has 0 radical (unpaired) electrons. The monoisotopic (exact) mass is 374 g/mol. The summed E-state index contributed by atoms with van der Waals surface area (Å²) >= 11 is 0. The molecule has 2 aromatic rings. The number of urea groups is 1. The number of aromatic nitrogens is 2. The lowest BCUT2D eigenvalue weighted by Gasteiger charge is -2.14. The molecule has 0 aliphatic heterocycles. The van der Waals surface area contributed by atoms with Gasteiger partial charge in [-0.2, -0.15) is 5.10 Å². The number of esters is 1. The van der Waals surface area contributed by atoms with E-state index in [9.17, 15) is 14.4 Å². The predicted octanol–water partition coefficient (Wildman–Crippen LogP) is 1.86. The number of H-pyrrole nitrogens is 1. The minimum atomic E-state index is -1.16. The molecule has 1 heterocycles. The van der Waals surface area contributed by atoms with Gasteiger partial charge < -0.3 is 14.8 Å². The SMILES string of the molecule is COc1ccc(-c2[nH]ncc2C(=O)OC(C)C(=O)NC(=O)NC(C)C)cc1. The summed E-state index contributed by atoms with van der Waals surface area (Å²) in [5, 5.41) is 11.2. The number of rotatable bonds is 6. The third-order valence-electron chi connectivity index (χ3n) is 3.55. The van der Waals surface area contributed by atoms with E-state index in [1.54, 1.807) is 45.2 Å². The lowest BCUT2D eigenvalue weighted by atomic mass is 10.1. The molecule has 9 heteroatoms. The molecule has 1 aromatic heterocycles. The molecule has 3 N–H and O–H groups in total. The van der Waals surface area contributed by atoms with Crippen molar-refractivity contribution < 1.29 is 23.9 Å². The topological polar surface area (TPSA) is 122 Å². The largest absolute Gasteiger partial charge is 0.497 e. The van der Waals surface area contributed by atoms with E-state index in [-0.39, 0.29) is 11.6 Å². The Balaban J connectivity index is 2.05. The summed E-state index contributed by atoms with van der Waals surface area (Å²) in [5.41, 5.74) is 1.33. The van der Waals surface area contributed by atoms with E-state index < -0.39 is 24.0 Å². The Labute approximate surface area is 156 Å². The maximum atomic E-state index is 12.4. The van der Waals surface area contributed by atoms with E-state index in [0.29, 0.717) is 17.0 Å². The van der Waals surface area contributed by atoms with E-state index in [0.717, 1.165) is 0 Å². The molecule has 3 amide bonds. The highest BCUT2D eigenvalue weighted by atomic mass is 16.5. The minimum Gasteiger partial charge on any atom is -0.497 e. The summed E-state index contributed by atoms with van der Waals surface area (Å²) in [4.78, 5) is 36.0. The summed E-state index contributed by atoms with van der Waals surface area (Å²) in [6.45, 7) is 4.89. The number of nitrogens with one attached hydrogen (secondary N) is 3. The third kappa shape index (κ3) is 5.30. The highest BCUT2D eigenvalue weighted by Crippen LogP contribution is 2.24. The Morgan fingerprint density at radius 2 is 1.78 bits per heavy atom. The van der Waals surface area contributed by atoms with Gasteiger partial charge in [-0.15, -0.1) is 0 Å².